The maximum Gasteiger partial charge on any atom is 0.161 e. The third kappa shape index (κ3) is 5.82. The zero-order valence-corrected chi connectivity index (χ0v) is 14.0. The summed E-state index contributed by atoms with van der Waals surface area (Å²) in [5.41, 5.74) is 1.34. The first-order chi connectivity index (χ1) is 10.3. The summed E-state index contributed by atoms with van der Waals surface area (Å²) in [6.45, 7) is 10.0. The van der Waals surface area contributed by atoms with Crippen molar-refractivity contribution in [2.75, 3.05) is 13.2 Å². The van der Waals surface area contributed by atoms with Crippen molar-refractivity contribution in [2.24, 2.45) is 0 Å². The molecule has 2 nitrogen and oxygen atoms in total. The molecule has 0 spiro atoms. The van der Waals surface area contributed by atoms with E-state index in [-0.39, 0.29) is 0 Å². The number of benzene rings is 1. The molecule has 1 atom stereocenters. The number of hydrogen-bond acceptors (Lipinski definition) is 2. The smallest absolute Gasteiger partial charge is 0.161 e. The second kappa shape index (κ2) is 10.3. The molecule has 21 heavy (non-hydrogen) atoms. The number of ether oxygens (including phenoxy) is 2. The lowest BCUT2D eigenvalue weighted by Gasteiger charge is -2.17. The van der Waals surface area contributed by atoms with Crippen molar-refractivity contribution in [3.63, 3.8) is 0 Å². The molecule has 0 fully saturated rings. The van der Waals surface area contributed by atoms with Crippen LogP contribution in [0.15, 0.2) is 30.4 Å². The fourth-order valence-electron chi connectivity index (χ4n) is 2.27. The second-order valence-electron chi connectivity index (χ2n) is 5.31. The summed E-state index contributed by atoms with van der Waals surface area (Å²) in [7, 11) is 0. The van der Waals surface area contributed by atoms with Crippen LogP contribution in [-0.4, -0.2) is 13.2 Å². The van der Waals surface area contributed by atoms with Gasteiger partial charge in [-0.2, -0.15) is 0 Å². The molecule has 0 aromatic heterocycles. The van der Waals surface area contributed by atoms with Crippen LogP contribution in [0.2, 0.25) is 0 Å². The fourth-order valence-corrected chi connectivity index (χ4v) is 2.27. The monoisotopic (exact) mass is 290 g/mol. The zero-order chi connectivity index (χ0) is 15.5. The van der Waals surface area contributed by atoms with Crippen molar-refractivity contribution in [3.8, 4) is 11.5 Å². The highest BCUT2D eigenvalue weighted by Gasteiger charge is 2.12. The predicted octanol–water partition coefficient (Wildman–Crippen LogP) is 5.72. The van der Waals surface area contributed by atoms with Gasteiger partial charge in [0, 0.05) is 0 Å². The second-order valence-corrected chi connectivity index (χ2v) is 5.31. The van der Waals surface area contributed by atoms with Crippen LogP contribution >= 0.6 is 0 Å². The van der Waals surface area contributed by atoms with E-state index in [1.165, 1.54) is 5.56 Å². The van der Waals surface area contributed by atoms with Gasteiger partial charge in [-0.1, -0.05) is 39.0 Å². The average Bonchev–Trinajstić information content (AvgIpc) is 2.52. The Morgan fingerprint density at radius 3 is 2.24 bits per heavy atom. The SMILES string of the molecule is C/C=C\CC(CC)c1ccc(OCCC)c(OCCC)c1. The van der Waals surface area contributed by atoms with Crippen LogP contribution in [0.4, 0.5) is 0 Å². The van der Waals surface area contributed by atoms with Gasteiger partial charge < -0.3 is 9.47 Å². The fraction of sp³-hybridized carbons (Fsp3) is 0.579. The summed E-state index contributed by atoms with van der Waals surface area (Å²) < 4.78 is 11.7. The summed E-state index contributed by atoms with van der Waals surface area (Å²) in [4.78, 5) is 0. The molecule has 0 aliphatic rings. The lowest BCUT2D eigenvalue weighted by molar-refractivity contribution is 0.268. The molecule has 118 valence electrons. The summed E-state index contributed by atoms with van der Waals surface area (Å²) in [6.07, 6.45) is 8.58. The quantitative estimate of drug-likeness (QED) is 0.513. The van der Waals surface area contributed by atoms with E-state index in [0.717, 1.165) is 50.4 Å². The van der Waals surface area contributed by atoms with Gasteiger partial charge >= 0.3 is 0 Å². The normalized spacial score (nSPS) is 12.6. The van der Waals surface area contributed by atoms with Crippen molar-refractivity contribution in [1.29, 1.82) is 0 Å². The molecule has 2 heteroatoms. The summed E-state index contributed by atoms with van der Waals surface area (Å²) >= 11 is 0. The third-order valence-electron chi connectivity index (χ3n) is 3.51. The van der Waals surface area contributed by atoms with Crippen LogP contribution < -0.4 is 9.47 Å². The van der Waals surface area contributed by atoms with Gasteiger partial charge in [-0.05, 0) is 56.2 Å². The highest BCUT2D eigenvalue weighted by atomic mass is 16.5. The molecule has 1 rings (SSSR count). The maximum absolute atomic E-state index is 5.88. The van der Waals surface area contributed by atoms with E-state index in [2.05, 4.69) is 58.0 Å². The predicted molar refractivity (Wildman–Crippen MR) is 90.5 cm³/mol. The van der Waals surface area contributed by atoms with Gasteiger partial charge in [0.1, 0.15) is 0 Å². The standard InChI is InChI=1S/C19H30O2/c1-5-9-10-16(8-4)17-11-12-18(20-13-6-2)19(15-17)21-14-7-3/h5,9,11-12,15-16H,6-8,10,13-14H2,1-4H3/b9-5-. The zero-order valence-electron chi connectivity index (χ0n) is 14.0. The number of allylic oxidation sites excluding steroid dienone is 2. The van der Waals surface area contributed by atoms with Gasteiger partial charge in [0.15, 0.2) is 11.5 Å². The van der Waals surface area contributed by atoms with Gasteiger partial charge in [0.2, 0.25) is 0 Å². The van der Waals surface area contributed by atoms with Crippen molar-refractivity contribution in [3.05, 3.63) is 35.9 Å². The van der Waals surface area contributed by atoms with Crippen LogP contribution in [0.25, 0.3) is 0 Å². The van der Waals surface area contributed by atoms with Gasteiger partial charge in [0.25, 0.3) is 0 Å². The Labute approximate surface area is 130 Å². The van der Waals surface area contributed by atoms with Crippen molar-refractivity contribution >= 4 is 0 Å². The molecule has 0 aliphatic carbocycles. The minimum atomic E-state index is 0.547. The molecule has 0 N–H and O–H groups in total. The van der Waals surface area contributed by atoms with E-state index in [0.29, 0.717) is 5.92 Å². The Bertz CT molecular complexity index is 424. The molecule has 1 aromatic carbocycles. The van der Waals surface area contributed by atoms with Crippen LogP contribution in [0.3, 0.4) is 0 Å². The van der Waals surface area contributed by atoms with Gasteiger partial charge in [-0.25, -0.2) is 0 Å². The third-order valence-corrected chi connectivity index (χ3v) is 3.51. The van der Waals surface area contributed by atoms with E-state index < -0.39 is 0 Å². The van der Waals surface area contributed by atoms with Crippen molar-refractivity contribution in [2.45, 2.75) is 59.3 Å². The number of rotatable bonds is 10. The number of hydrogen-bond donors (Lipinski definition) is 0. The van der Waals surface area contributed by atoms with E-state index in [4.69, 9.17) is 9.47 Å². The minimum absolute atomic E-state index is 0.547. The Morgan fingerprint density at radius 1 is 1.00 bits per heavy atom. The molecular weight excluding hydrogens is 260 g/mol. The molecular formula is C19H30O2. The molecule has 1 unspecified atom stereocenters. The van der Waals surface area contributed by atoms with E-state index >= 15 is 0 Å². The molecule has 0 amide bonds. The lowest BCUT2D eigenvalue weighted by Crippen LogP contribution is -2.03. The van der Waals surface area contributed by atoms with Crippen LogP contribution in [-0.2, 0) is 0 Å². The van der Waals surface area contributed by atoms with Crippen LogP contribution in [0.1, 0.15) is 64.9 Å². The maximum atomic E-state index is 5.88. The Hall–Kier alpha value is -1.44. The van der Waals surface area contributed by atoms with E-state index in [1.807, 2.05) is 0 Å². The first-order valence-corrected chi connectivity index (χ1v) is 8.27. The molecule has 0 radical (unpaired) electrons. The molecule has 0 saturated carbocycles. The highest BCUT2D eigenvalue weighted by molar-refractivity contribution is 5.44. The molecule has 0 bridgehead atoms. The largest absolute Gasteiger partial charge is 0.490 e. The average molecular weight is 290 g/mol. The molecule has 1 aromatic rings. The van der Waals surface area contributed by atoms with Crippen molar-refractivity contribution in [1.82, 2.24) is 0 Å². The van der Waals surface area contributed by atoms with Crippen molar-refractivity contribution < 1.29 is 9.47 Å². The molecule has 0 heterocycles. The molecule has 0 saturated heterocycles. The lowest BCUT2D eigenvalue weighted by atomic mass is 9.93. The Balaban J connectivity index is 2.94. The Kier molecular flexibility index (Phi) is 8.65. The molecule has 0 aliphatic heterocycles. The first kappa shape index (κ1) is 17.6. The van der Waals surface area contributed by atoms with Crippen LogP contribution in [0, 0.1) is 0 Å². The van der Waals surface area contributed by atoms with Gasteiger partial charge in [-0.3, -0.25) is 0 Å². The van der Waals surface area contributed by atoms with E-state index in [1.54, 1.807) is 0 Å². The summed E-state index contributed by atoms with van der Waals surface area (Å²) in [5.74, 6) is 2.31. The topological polar surface area (TPSA) is 18.5 Å². The summed E-state index contributed by atoms with van der Waals surface area (Å²) in [5, 5.41) is 0. The highest BCUT2D eigenvalue weighted by Crippen LogP contribution is 2.34. The van der Waals surface area contributed by atoms with Gasteiger partial charge in [-0.15, -0.1) is 0 Å². The minimum Gasteiger partial charge on any atom is -0.490 e. The van der Waals surface area contributed by atoms with Gasteiger partial charge in [0.05, 0.1) is 13.2 Å². The van der Waals surface area contributed by atoms with E-state index in [9.17, 15) is 0 Å². The Morgan fingerprint density at radius 2 is 1.67 bits per heavy atom. The first-order valence-electron chi connectivity index (χ1n) is 8.27. The summed E-state index contributed by atoms with van der Waals surface area (Å²) in [6, 6.07) is 6.41. The van der Waals surface area contributed by atoms with Crippen LogP contribution in [0.5, 0.6) is 11.5 Å².